The number of thiol groups is 2. The topological polar surface area (TPSA) is 138 Å². The molecule has 0 aliphatic rings. The van der Waals surface area contributed by atoms with E-state index in [0.717, 1.165) is 12.2 Å². The molecule has 0 aromatic carbocycles. The van der Waals surface area contributed by atoms with Gasteiger partial charge in [-0.1, -0.05) is 37.4 Å². The van der Waals surface area contributed by atoms with Gasteiger partial charge in [0.1, 0.15) is 12.1 Å². The predicted octanol–water partition coefficient (Wildman–Crippen LogP) is 0.612. The normalized spacial score (nSPS) is 11.9. The van der Waals surface area contributed by atoms with Crippen molar-refractivity contribution < 1.29 is 29.4 Å². The zero-order valence-electron chi connectivity index (χ0n) is 10.2. The summed E-state index contributed by atoms with van der Waals surface area (Å²) < 4.78 is 0. The van der Waals surface area contributed by atoms with Gasteiger partial charge in [-0.3, -0.25) is 14.5 Å². The zero-order valence-corrected chi connectivity index (χ0v) is 12.0. The summed E-state index contributed by atoms with van der Waals surface area (Å²) in [6, 6.07) is -2.94. The smallest absolute Gasteiger partial charge is 0.330 e. The Bertz CT molecular complexity index is 396. The fraction of sp³-hybridized carbons (Fsp3) is 0.200. The highest BCUT2D eigenvalue weighted by Crippen LogP contribution is 2.12. The molecule has 0 bridgehead atoms. The van der Waals surface area contributed by atoms with Crippen molar-refractivity contribution >= 4 is 47.7 Å². The number of hydrogen-bond acceptors (Lipinski definition) is 4. The molecule has 0 radical (unpaired) electrons. The average molecular weight is 322 g/mol. The maximum absolute atomic E-state index is 11.1. The van der Waals surface area contributed by atoms with Crippen LogP contribution in [-0.2, 0) is 9.59 Å². The number of hydrogen-bond donors (Lipinski definition) is 5. The van der Waals surface area contributed by atoms with Crippen molar-refractivity contribution in [1.82, 2.24) is 4.90 Å². The predicted molar refractivity (Wildman–Crippen MR) is 78.0 cm³/mol. The van der Waals surface area contributed by atoms with Crippen molar-refractivity contribution in [3.05, 3.63) is 25.3 Å². The molecular weight excluding hydrogens is 308 g/mol. The largest absolute Gasteiger partial charge is 0.479 e. The number of carbonyl (C=O) groups is 4. The molecule has 0 spiro atoms. The second-order valence-electron chi connectivity index (χ2n) is 3.07. The Morgan fingerprint density at radius 2 is 1.25 bits per heavy atom. The molecule has 2 atom stereocenters. The minimum atomic E-state index is -1.47. The summed E-state index contributed by atoms with van der Waals surface area (Å²) in [5.74, 6) is -2.80. The summed E-state index contributed by atoms with van der Waals surface area (Å²) in [6.45, 7) is 6.45. The van der Waals surface area contributed by atoms with Gasteiger partial charge in [-0.2, -0.15) is 0 Å². The molecule has 0 aromatic heterocycles. The molecule has 20 heavy (non-hydrogen) atoms. The van der Waals surface area contributed by atoms with Crippen LogP contribution >= 0.6 is 25.3 Å². The van der Waals surface area contributed by atoms with E-state index in [9.17, 15) is 14.4 Å². The Morgan fingerprint density at radius 3 is 1.35 bits per heavy atom. The van der Waals surface area contributed by atoms with Crippen molar-refractivity contribution in [1.29, 1.82) is 0 Å². The van der Waals surface area contributed by atoms with Crippen molar-refractivity contribution in [3.8, 4) is 0 Å². The maximum atomic E-state index is 11.1. The van der Waals surface area contributed by atoms with Crippen LogP contribution < -0.4 is 5.73 Å². The molecule has 112 valence electrons. The lowest BCUT2D eigenvalue weighted by atomic mass is 10.2. The Balaban J connectivity index is 0. The summed E-state index contributed by atoms with van der Waals surface area (Å²) in [5.41, 5.74) is 4.34. The second-order valence-corrected chi connectivity index (χ2v) is 3.89. The van der Waals surface area contributed by atoms with Gasteiger partial charge in [0.15, 0.2) is 0 Å². The Hall–Kier alpha value is -1.94. The van der Waals surface area contributed by atoms with Gasteiger partial charge in [-0.05, 0) is 0 Å². The molecule has 8 nitrogen and oxygen atoms in total. The number of aliphatic carboxylic acids is 2. The quantitative estimate of drug-likeness (QED) is 0.359. The molecule has 0 saturated heterocycles. The third-order valence-corrected chi connectivity index (χ3v) is 2.00. The lowest BCUT2D eigenvalue weighted by Gasteiger charge is -2.28. The van der Waals surface area contributed by atoms with Crippen LogP contribution in [0.3, 0.4) is 0 Å². The third-order valence-electron chi connectivity index (χ3n) is 1.77. The molecule has 4 N–H and O–H groups in total. The van der Waals surface area contributed by atoms with Gasteiger partial charge in [0.25, 0.3) is 10.5 Å². The molecule has 0 saturated carbocycles. The van der Waals surface area contributed by atoms with Crippen LogP contribution in [0.4, 0.5) is 9.59 Å². The minimum Gasteiger partial charge on any atom is -0.479 e. The molecule has 0 aliphatic carbocycles. The van der Waals surface area contributed by atoms with Crippen LogP contribution in [0.5, 0.6) is 0 Å². The molecule has 2 unspecified atom stereocenters. The van der Waals surface area contributed by atoms with Gasteiger partial charge in [-0.25, -0.2) is 9.59 Å². The number of nitrogens with zero attached hydrogens (tertiary/aromatic N) is 1. The molecule has 0 heterocycles. The summed E-state index contributed by atoms with van der Waals surface area (Å²) in [5, 5.41) is 16.0. The lowest BCUT2D eigenvalue weighted by molar-refractivity contribution is -0.144. The van der Waals surface area contributed by atoms with Crippen LogP contribution in [0.25, 0.3) is 0 Å². The highest BCUT2D eigenvalue weighted by atomic mass is 32.1. The van der Waals surface area contributed by atoms with E-state index in [1.807, 2.05) is 0 Å². The SMILES string of the molecule is C=CC(C(=O)O)N(C(=O)S)C(C=C)C(=O)O.NC(=O)S. The first-order valence-corrected chi connectivity index (χ1v) is 5.69. The van der Waals surface area contributed by atoms with E-state index < -0.39 is 34.5 Å². The average Bonchev–Trinajstić information content (AvgIpc) is 2.26. The summed E-state index contributed by atoms with van der Waals surface area (Å²) in [6.07, 6.45) is 1.88. The molecular formula is C10H14N2O6S2. The van der Waals surface area contributed by atoms with E-state index >= 15 is 0 Å². The van der Waals surface area contributed by atoms with E-state index in [2.05, 4.69) is 44.1 Å². The van der Waals surface area contributed by atoms with E-state index in [4.69, 9.17) is 15.0 Å². The first-order valence-electron chi connectivity index (χ1n) is 4.80. The summed E-state index contributed by atoms with van der Waals surface area (Å²) >= 11 is 6.54. The number of rotatable bonds is 6. The maximum Gasteiger partial charge on any atom is 0.330 e. The van der Waals surface area contributed by atoms with Crippen molar-refractivity contribution in [2.45, 2.75) is 12.1 Å². The third kappa shape index (κ3) is 7.48. The van der Waals surface area contributed by atoms with Gasteiger partial charge in [-0.15, -0.1) is 13.2 Å². The molecule has 10 heteroatoms. The number of carboxylic acid groups (broad SMARTS) is 2. The molecule has 0 rings (SSSR count). The first kappa shape index (κ1) is 20.4. The van der Waals surface area contributed by atoms with Gasteiger partial charge < -0.3 is 15.9 Å². The molecule has 0 fully saturated rings. The van der Waals surface area contributed by atoms with Crippen LogP contribution in [0.1, 0.15) is 0 Å². The second kappa shape index (κ2) is 9.92. The molecule has 0 aliphatic heterocycles. The lowest BCUT2D eigenvalue weighted by Crippen LogP contribution is -2.50. The van der Waals surface area contributed by atoms with E-state index in [0.29, 0.717) is 4.90 Å². The zero-order chi connectivity index (χ0) is 16.5. The van der Waals surface area contributed by atoms with Gasteiger partial charge in [0.05, 0.1) is 0 Å². The number of nitrogens with two attached hydrogens (primary N) is 1. The number of primary amides is 1. The number of amides is 2. The minimum absolute atomic E-state index is 0.549. The molecule has 2 amide bonds. The van der Waals surface area contributed by atoms with Crippen LogP contribution in [0.2, 0.25) is 0 Å². The van der Waals surface area contributed by atoms with Gasteiger partial charge in [0, 0.05) is 0 Å². The number of carbonyl (C=O) groups excluding carboxylic acids is 2. The highest BCUT2D eigenvalue weighted by molar-refractivity contribution is 7.96. The number of carboxylic acids is 2. The summed E-state index contributed by atoms with van der Waals surface area (Å²) in [4.78, 5) is 42.3. The first-order chi connectivity index (χ1) is 9.09. The fourth-order valence-electron chi connectivity index (χ4n) is 1.08. The van der Waals surface area contributed by atoms with Crippen molar-refractivity contribution in [3.63, 3.8) is 0 Å². The van der Waals surface area contributed by atoms with Crippen molar-refractivity contribution in [2.75, 3.05) is 0 Å². The van der Waals surface area contributed by atoms with E-state index in [1.54, 1.807) is 0 Å². The Labute approximate surface area is 125 Å². The van der Waals surface area contributed by atoms with Crippen LogP contribution in [0, 0.1) is 0 Å². The van der Waals surface area contributed by atoms with Crippen LogP contribution in [0.15, 0.2) is 25.3 Å². The standard InChI is InChI=1S/C9H11NO5S.CH3NOS/c1-3-5(7(11)12)10(9(15)16)6(4-2)8(13)14;2-1(3)4/h3-6H,1-2H2,(H,11,12)(H,13,14)(H,15,16);(H3,2,3,4). The summed E-state index contributed by atoms with van der Waals surface area (Å²) in [7, 11) is 0. The van der Waals surface area contributed by atoms with Gasteiger partial charge >= 0.3 is 11.9 Å². The van der Waals surface area contributed by atoms with Crippen LogP contribution in [-0.4, -0.2) is 49.6 Å². The van der Waals surface area contributed by atoms with E-state index in [1.165, 1.54) is 0 Å². The molecule has 0 aromatic rings. The van der Waals surface area contributed by atoms with E-state index in [-0.39, 0.29) is 0 Å². The Kier molecular flexibility index (Phi) is 10.1. The van der Waals surface area contributed by atoms with Gasteiger partial charge in [0.2, 0.25) is 0 Å². The highest BCUT2D eigenvalue weighted by Gasteiger charge is 2.34. The fourth-order valence-corrected chi connectivity index (χ4v) is 1.33. The Morgan fingerprint density at radius 1 is 1.00 bits per heavy atom. The van der Waals surface area contributed by atoms with Crippen molar-refractivity contribution in [2.24, 2.45) is 5.73 Å². The monoisotopic (exact) mass is 322 g/mol.